The van der Waals surface area contributed by atoms with E-state index in [1.165, 1.54) is 4.90 Å². The Morgan fingerprint density at radius 1 is 1.17 bits per heavy atom. The predicted octanol–water partition coefficient (Wildman–Crippen LogP) is 3.18. The van der Waals surface area contributed by atoms with Crippen molar-refractivity contribution in [2.24, 2.45) is 0 Å². The molecule has 0 bridgehead atoms. The minimum atomic E-state index is -0.622. The highest BCUT2D eigenvalue weighted by atomic mass is 16.5. The maximum absolute atomic E-state index is 13.3. The second-order valence-corrected chi connectivity index (χ2v) is 7.51. The molecule has 0 N–H and O–H groups in total. The van der Waals surface area contributed by atoms with Gasteiger partial charge in [-0.3, -0.25) is 14.5 Å². The summed E-state index contributed by atoms with van der Waals surface area (Å²) in [5.41, 5.74) is 1.58. The standard InChI is InChI=1S/C23H26N2O5/c1-15-23(27)25(19-7-4-5-9-20(19)30-15)14-22(26)24-12-6-8-18(24)17-11-10-16(28-2)13-21(17)29-3/h4-5,7,9-11,13,15,18H,6,8,12,14H2,1-3H3/t15-,18-/m0/s1. The summed E-state index contributed by atoms with van der Waals surface area (Å²) in [5.74, 6) is 1.72. The Bertz CT molecular complexity index is 960. The molecule has 2 aliphatic rings. The highest BCUT2D eigenvalue weighted by Crippen LogP contribution is 2.39. The van der Waals surface area contributed by atoms with E-state index >= 15 is 0 Å². The summed E-state index contributed by atoms with van der Waals surface area (Å²) in [4.78, 5) is 29.4. The summed E-state index contributed by atoms with van der Waals surface area (Å²) in [6.07, 6.45) is 1.12. The van der Waals surface area contributed by atoms with Gasteiger partial charge >= 0.3 is 0 Å². The lowest BCUT2D eigenvalue weighted by Crippen LogP contribution is -2.49. The second-order valence-electron chi connectivity index (χ2n) is 7.51. The van der Waals surface area contributed by atoms with Gasteiger partial charge in [0.25, 0.3) is 5.91 Å². The Kier molecular flexibility index (Phi) is 5.53. The molecule has 1 saturated heterocycles. The molecule has 7 nitrogen and oxygen atoms in total. The number of benzene rings is 2. The maximum Gasteiger partial charge on any atom is 0.268 e. The zero-order valence-electron chi connectivity index (χ0n) is 17.5. The van der Waals surface area contributed by atoms with Crippen LogP contribution in [0.5, 0.6) is 17.2 Å². The van der Waals surface area contributed by atoms with Crippen LogP contribution in [0.4, 0.5) is 5.69 Å². The highest BCUT2D eigenvalue weighted by molar-refractivity contribution is 6.03. The summed E-state index contributed by atoms with van der Waals surface area (Å²) < 4.78 is 16.5. The number of hydrogen-bond acceptors (Lipinski definition) is 5. The number of hydrogen-bond donors (Lipinski definition) is 0. The van der Waals surface area contributed by atoms with Crippen molar-refractivity contribution < 1.29 is 23.8 Å². The molecule has 2 aliphatic heterocycles. The van der Waals surface area contributed by atoms with Gasteiger partial charge in [-0.25, -0.2) is 0 Å². The van der Waals surface area contributed by atoms with Gasteiger partial charge in [-0.2, -0.15) is 0 Å². The fraction of sp³-hybridized carbons (Fsp3) is 0.391. The molecule has 7 heteroatoms. The van der Waals surface area contributed by atoms with Crippen LogP contribution in [-0.2, 0) is 9.59 Å². The third kappa shape index (κ3) is 3.56. The largest absolute Gasteiger partial charge is 0.497 e. The Morgan fingerprint density at radius 3 is 2.73 bits per heavy atom. The Labute approximate surface area is 176 Å². The van der Waals surface area contributed by atoms with E-state index in [2.05, 4.69) is 0 Å². The maximum atomic E-state index is 13.3. The minimum Gasteiger partial charge on any atom is -0.497 e. The van der Waals surface area contributed by atoms with E-state index in [-0.39, 0.29) is 24.4 Å². The van der Waals surface area contributed by atoms with Gasteiger partial charge in [0.15, 0.2) is 6.10 Å². The van der Waals surface area contributed by atoms with Crippen LogP contribution in [0.25, 0.3) is 0 Å². The van der Waals surface area contributed by atoms with Crippen molar-refractivity contribution in [2.45, 2.75) is 31.9 Å². The first kappa shape index (κ1) is 20.1. The SMILES string of the molecule is COc1ccc([C@@H]2CCCN2C(=O)CN2C(=O)[C@H](C)Oc3ccccc32)c(OC)c1. The summed E-state index contributed by atoms with van der Waals surface area (Å²) in [6, 6.07) is 12.9. The van der Waals surface area contributed by atoms with Gasteiger partial charge < -0.3 is 19.1 Å². The quantitative estimate of drug-likeness (QED) is 0.757. The number of rotatable bonds is 5. The molecule has 4 rings (SSSR count). The van der Waals surface area contributed by atoms with Crippen LogP contribution in [0.2, 0.25) is 0 Å². The molecule has 1 fully saturated rings. The highest BCUT2D eigenvalue weighted by Gasteiger charge is 2.37. The number of methoxy groups -OCH3 is 2. The van der Waals surface area contributed by atoms with E-state index in [0.717, 1.165) is 18.4 Å². The summed E-state index contributed by atoms with van der Waals surface area (Å²) in [6.45, 7) is 2.34. The number of carbonyl (C=O) groups excluding carboxylic acids is 2. The smallest absolute Gasteiger partial charge is 0.268 e. The Balaban J connectivity index is 1.59. The molecule has 0 saturated carbocycles. The van der Waals surface area contributed by atoms with Crippen molar-refractivity contribution in [3.63, 3.8) is 0 Å². The van der Waals surface area contributed by atoms with Crippen molar-refractivity contribution in [1.29, 1.82) is 0 Å². The lowest BCUT2D eigenvalue weighted by Gasteiger charge is -2.34. The molecule has 0 radical (unpaired) electrons. The molecule has 158 valence electrons. The third-order valence-corrected chi connectivity index (χ3v) is 5.74. The average molecular weight is 410 g/mol. The van der Waals surface area contributed by atoms with E-state index in [9.17, 15) is 9.59 Å². The van der Waals surface area contributed by atoms with Crippen molar-refractivity contribution in [2.75, 3.05) is 32.2 Å². The van der Waals surface area contributed by atoms with Crippen LogP contribution in [0.1, 0.15) is 31.4 Å². The number of likely N-dealkylation sites (tertiary alicyclic amines) is 1. The lowest BCUT2D eigenvalue weighted by molar-refractivity contribution is -0.133. The van der Waals surface area contributed by atoms with E-state index in [1.54, 1.807) is 27.2 Å². The molecule has 2 aromatic carbocycles. The van der Waals surface area contributed by atoms with Gasteiger partial charge in [0.1, 0.15) is 23.8 Å². The number of para-hydroxylation sites is 2. The van der Waals surface area contributed by atoms with Gasteiger partial charge in [-0.05, 0) is 44.0 Å². The van der Waals surface area contributed by atoms with Gasteiger partial charge in [0, 0.05) is 18.2 Å². The van der Waals surface area contributed by atoms with Gasteiger partial charge in [0.05, 0.1) is 25.9 Å². The number of ether oxygens (including phenoxy) is 3. The fourth-order valence-corrected chi connectivity index (χ4v) is 4.23. The van der Waals surface area contributed by atoms with E-state index < -0.39 is 6.10 Å². The summed E-state index contributed by atoms with van der Waals surface area (Å²) >= 11 is 0. The number of carbonyl (C=O) groups is 2. The molecular formula is C23H26N2O5. The zero-order valence-corrected chi connectivity index (χ0v) is 17.5. The van der Waals surface area contributed by atoms with Crippen molar-refractivity contribution in [3.8, 4) is 17.2 Å². The van der Waals surface area contributed by atoms with Crippen LogP contribution in [0.3, 0.4) is 0 Å². The van der Waals surface area contributed by atoms with Crippen LogP contribution in [0, 0.1) is 0 Å². The average Bonchev–Trinajstić information content (AvgIpc) is 3.26. The van der Waals surface area contributed by atoms with E-state index in [4.69, 9.17) is 14.2 Å². The molecule has 0 aromatic heterocycles. The van der Waals surface area contributed by atoms with Gasteiger partial charge in [0.2, 0.25) is 5.91 Å². The Morgan fingerprint density at radius 2 is 1.97 bits per heavy atom. The minimum absolute atomic E-state index is 0.0154. The molecule has 2 atom stereocenters. The third-order valence-electron chi connectivity index (χ3n) is 5.74. The lowest BCUT2D eigenvalue weighted by atomic mass is 10.0. The van der Waals surface area contributed by atoms with Crippen LogP contribution < -0.4 is 19.1 Å². The first-order valence-corrected chi connectivity index (χ1v) is 10.1. The van der Waals surface area contributed by atoms with Crippen molar-refractivity contribution in [1.82, 2.24) is 4.90 Å². The number of nitrogens with zero attached hydrogens (tertiary/aromatic N) is 2. The molecule has 0 spiro atoms. The topological polar surface area (TPSA) is 68.3 Å². The second kappa shape index (κ2) is 8.26. The molecule has 2 heterocycles. The first-order chi connectivity index (χ1) is 14.5. The van der Waals surface area contributed by atoms with Crippen molar-refractivity contribution >= 4 is 17.5 Å². The molecule has 0 unspecified atom stereocenters. The predicted molar refractivity (Wildman–Crippen MR) is 112 cm³/mol. The van der Waals surface area contributed by atoms with E-state index in [1.807, 2.05) is 41.3 Å². The number of amides is 2. The van der Waals surface area contributed by atoms with Crippen LogP contribution >= 0.6 is 0 Å². The number of anilines is 1. The number of fused-ring (bicyclic) bond motifs is 1. The summed E-state index contributed by atoms with van der Waals surface area (Å²) in [5, 5.41) is 0. The van der Waals surface area contributed by atoms with Crippen molar-refractivity contribution in [3.05, 3.63) is 48.0 Å². The molecule has 2 aromatic rings. The zero-order chi connectivity index (χ0) is 21.3. The van der Waals surface area contributed by atoms with E-state index in [0.29, 0.717) is 29.5 Å². The van der Waals surface area contributed by atoms with Crippen LogP contribution in [0.15, 0.2) is 42.5 Å². The normalized spacial score (nSPS) is 20.6. The van der Waals surface area contributed by atoms with Crippen LogP contribution in [-0.4, -0.2) is 50.1 Å². The molecular weight excluding hydrogens is 384 g/mol. The fourth-order valence-electron chi connectivity index (χ4n) is 4.23. The van der Waals surface area contributed by atoms with Gasteiger partial charge in [-0.15, -0.1) is 0 Å². The van der Waals surface area contributed by atoms with Gasteiger partial charge in [-0.1, -0.05) is 12.1 Å². The first-order valence-electron chi connectivity index (χ1n) is 10.1. The summed E-state index contributed by atoms with van der Waals surface area (Å²) in [7, 11) is 3.22. The molecule has 0 aliphatic carbocycles. The molecule has 2 amide bonds. The Hall–Kier alpha value is -3.22. The molecule has 30 heavy (non-hydrogen) atoms. The monoisotopic (exact) mass is 410 g/mol.